The fraction of sp³-hybridized carbons (Fsp3) is 0.727. The first kappa shape index (κ1) is 9.71. The minimum Gasteiger partial charge on any atom is -0.317 e. The first-order chi connectivity index (χ1) is 6.83. The van der Waals surface area contributed by atoms with E-state index in [9.17, 15) is 0 Å². The number of rotatable bonds is 3. The van der Waals surface area contributed by atoms with E-state index in [0.29, 0.717) is 6.04 Å². The van der Waals surface area contributed by atoms with Crippen LogP contribution in [0.2, 0.25) is 0 Å². The molecule has 1 heterocycles. The van der Waals surface area contributed by atoms with E-state index in [0.717, 1.165) is 12.5 Å². The Bertz CT molecular complexity index is 292. The monoisotopic (exact) mass is 193 g/mol. The van der Waals surface area contributed by atoms with E-state index in [1.54, 1.807) is 0 Å². The summed E-state index contributed by atoms with van der Waals surface area (Å²) in [4.78, 5) is 0. The predicted octanol–water partition coefficient (Wildman–Crippen LogP) is 1.76. The number of nitrogens with one attached hydrogen (secondary N) is 1. The summed E-state index contributed by atoms with van der Waals surface area (Å²) in [7, 11) is 2.06. The molecule has 1 aliphatic rings. The quantitative estimate of drug-likeness (QED) is 0.792. The van der Waals surface area contributed by atoms with Crippen LogP contribution in [0.15, 0.2) is 12.4 Å². The lowest BCUT2D eigenvalue weighted by Gasteiger charge is -2.08. The van der Waals surface area contributed by atoms with Crippen molar-refractivity contribution in [1.29, 1.82) is 0 Å². The van der Waals surface area contributed by atoms with Crippen LogP contribution in [0.25, 0.3) is 0 Å². The first-order valence-corrected chi connectivity index (χ1v) is 5.53. The summed E-state index contributed by atoms with van der Waals surface area (Å²) in [6.07, 6.45) is 8.11. The van der Waals surface area contributed by atoms with E-state index in [2.05, 4.69) is 30.6 Å². The summed E-state index contributed by atoms with van der Waals surface area (Å²) in [5, 5.41) is 7.68. The molecule has 2 atom stereocenters. The lowest BCUT2D eigenvalue weighted by molar-refractivity contribution is 0.571. The van der Waals surface area contributed by atoms with E-state index in [1.165, 1.54) is 24.8 Å². The Morgan fingerprint density at radius 1 is 1.57 bits per heavy atom. The van der Waals surface area contributed by atoms with Gasteiger partial charge in [-0.2, -0.15) is 5.10 Å². The lowest BCUT2D eigenvalue weighted by Crippen LogP contribution is -2.21. The third kappa shape index (κ3) is 1.82. The second kappa shape index (κ2) is 4.13. The molecular weight excluding hydrogens is 174 g/mol. The van der Waals surface area contributed by atoms with Crippen LogP contribution < -0.4 is 5.32 Å². The summed E-state index contributed by atoms with van der Waals surface area (Å²) in [6.45, 7) is 3.10. The zero-order valence-corrected chi connectivity index (χ0v) is 9.03. The Kier molecular flexibility index (Phi) is 2.87. The van der Waals surface area contributed by atoms with Crippen LogP contribution in [-0.2, 0) is 6.54 Å². The molecule has 1 N–H and O–H groups in total. The van der Waals surface area contributed by atoms with Crippen LogP contribution >= 0.6 is 0 Å². The van der Waals surface area contributed by atoms with Crippen LogP contribution in [0, 0.1) is 0 Å². The predicted molar refractivity (Wildman–Crippen MR) is 57.3 cm³/mol. The molecule has 1 aromatic rings. The number of hydrogen-bond donors (Lipinski definition) is 1. The molecule has 3 nitrogen and oxygen atoms in total. The average Bonchev–Trinajstić information content (AvgIpc) is 2.86. The molecule has 1 aliphatic carbocycles. The van der Waals surface area contributed by atoms with Crippen LogP contribution in [0.3, 0.4) is 0 Å². The largest absolute Gasteiger partial charge is 0.317 e. The van der Waals surface area contributed by atoms with Gasteiger partial charge in [0.05, 0.1) is 6.20 Å². The van der Waals surface area contributed by atoms with Crippen molar-refractivity contribution in [2.75, 3.05) is 7.05 Å². The molecule has 2 rings (SSSR count). The van der Waals surface area contributed by atoms with E-state index < -0.39 is 0 Å². The maximum absolute atomic E-state index is 4.33. The highest BCUT2D eigenvalue weighted by molar-refractivity contribution is 5.13. The minimum atomic E-state index is 0.713. The topological polar surface area (TPSA) is 29.9 Å². The minimum absolute atomic E-state index is 0.713. The Balaban J connectivity index is 2.02. The van der Waals surface area contributed by atoms with Gasteiger partial charge in [0.2, 0.25) is 0 Å². The smallest absolute Gasteiger partial charge is 0.0524 e. The van der Waals surface area contributed by atoms with Gasteiger partial charge in [-0.15, -0.1) is 0 Å². The van der Waals surface area contributed by atoms with Gasteiger partial charge in [0.15, 0.2) is 0 Å². The Morgan fingerprint density at radius 2 is 2.43 bits per heavy atom. The van der Waals surface area contributed by atoms with Crippen molar-refractivity contribution >= 4 is 0 Å². The highest BCUT2D eigenvalue weighted by Crippen LogP contribution is 2.33. The standard InChI is InChI=1S/C11H19N3/c1-3-14-8-10(7-13-14)9-4-5-11(6-9)12-2/h7-9,11-12H,3-6H2,1-2H3. The second-order valence-corrected chi connectivity index (χ2v) is 4.12. The maximum Gasteiger partial charge on any atom is 0.0524 e. The zero-order valence-electron chi connectivity index (χ0n) is 9.03. The molecule has 1 saturated carbocycles. The lowest BCUT2D eigenvalue weighted by atomic mass is 10.0. The number of hydrogen-bond acceptors (Lipinski definition) is 2. The molecule has 0 radical (unpaired) electrons. The second-order valence-electron chi connectivity index (χ2n) is 4.12. The third-order valence-corrected chi connectivity index (χ3v) is 3.29. The summed E-state index contributed by atoms with van der Waals surface area (Å²) >= 11 is 0. The van der Waals surface area contributed by atoms with Gasteiger partial charge in [0.1, 0.15) is 0 Å². The molecule has 1 fully saturated rings. The first-order valence-electron chi connectivity index (χ1n) is 5.53. The van der Waals surface area contributed by atoms with Crippen molar-refractivity contribution in [3.63, 3.8) is 0 Å². The molecule has 0 aromatic carbocycles. The van der Waals surface area contributed by atoms with Crippen LogP contribution in [-0.4, -0.2) is 22.9 Å². The highest BCUT2D eigenvalue weighted by Gasteiger charge is 2.25. The normalized spacial score (nSPS) is 27.0. The van der Waals surface area contributed by atoms with Crippen molar-refractivity contribution < 1.29 is 0 Å². The van der Waals surface area contributed by atoms with Crippen LogP contribution in [0.1, 0.15) is 37.7 Å². The molecule has 0 saturated heterocycles. The van der Waals surface area contributed by atoms with Gasteiger partial charge < -0.3 is 5.32 Å². The molecule has 1 aromatic heterocycles. The van der Waals surface area contributed by atoms with Crippen LogP contribution in [0.4, 0.5) is 0 Å². The van der Waals surface area contributed by atoms with E-state index in [1.807, 2.05) is 10.9 Å². The van der Waals surface area contributed by atoms with Gasteiger partial charge >= 0.3 is 0 Å². The van der Waals surface area contributed by atoms with Gasteiger partial charge in [-0.05, 0) is 44.7 Å². The summed E-state index contributed by atoms with van der Waals surface area (Å²) < 4.78 is 2.02. The van der Waals surface area contributed by atoms with Gasteiger partial charge in [-0.1, -0.05) is 0 Å². The molecule has 78 valence electrons. The fourth-order valence-electron chi connectivity index (χ4n) is 2.31. The molecule has 14 heavy (non-hydrogen) atoms. The van der Waals surface area contributed by atoms with E-state index >= 15 is 0 Å². The summed E-state index contributed by atoms with van der Waals surface area (Å²) in [5.74, 6) is 0.729. The SMILES string of the molecule is CCn1cc(C2CCC(NC)C2)cn1. The molecule has 2 unspecified atom stereocenters. The molecule has 0 bridgehead atoms. The summed E-state index contributed by atoms with van der Waals surface area (Å²) in [6, 6.07) is 0.713. The number of aromatic nitrogens is 2. The van der Waals surface area contributed by atoms with Crippen molar-refractivity contribution in [3.05, 3.63) is 18.0 Å². The number of nitrogens with zero attached hydrogens (tertiary/aromatic N) is 2. The van der Waals surface area contributed by atoms with Crippen molar-refractivity contribution in [1.82, 2.24) is 15.1 Å². The van der Waals surface area contributed by atoms with Gasteiger partial charge in [-0.3, -0.25) is 4.68 Å². The highest BCUT2D eigenvalue weighted by atomic mass is 15.3. The molecule has 3 heteroatoms. The average molecular weight is 193 g/mol. The van der Waals surface area contributed by atoms with Gasteiger partial charge in [0.25, 0.3) is 0 Å². The molecule has 0 aliphatic heterocycles. The maximum atomic E-state index is 4.33. The van der Waals surface area contributed by atoms with E-state index in [-0.39, 0.29) is 0 Å². The van der Waals surface area contributed by atoms with Gasteiger partial charge in [-0.25, -0.2) is 0 Å². The summed E-state index contributed by atoms with van der Waals surface area (Å²) in [5.41, 5.74) is 1.42. The Hall–Kier alpha value is -0.830. The molecule has 0 amide bonds. The Labute approximate surface area is 85.5 Å². The van der Waals surface area contributed by atoms with Crippen molar-refractivity contribution in [2.24, 2.45) is 0 Å². The molecular formula is C11H19N3. The van der Waals surface area contributed by atoms with Gasteiger partial charge in [0, 0.05) is 18.8 Å². The van der Waals surface area contributed by atoms with E-state index in [4.69, 9.17) is 0 Å². The Morgan fingerprint density at radius 3 is 3.00 bits per heavy atom. The number of aryl methyl sites for hydroxylation is 1. The van der Waals surface area contributed by atoms with Crippen molar-refractivity contribution in [3.8, 4) is 0 Å². The zero-order chi connectivity index (χ0) is 9.97. The van der Waals surface area contributed by atoms with Crippen molar-refractivity contribution in [2.45, 2.75) is 44.7 Å². The third-order valence-electron chi connectivity index (χ3n) is 3.29. The molecule has 0 spiro atoms. The fourth-order valence-corrected chi connectivity index (χ4v) is 2.31. The van der Waals surface area contributed by atoms with Crippen LogP contribution in [0.5, 0.6) is 0 Å².